The van der Waals surface area contributed by atoms with Crippen LogP contribution in [-0.2, 0) is 13.0 Å². The highest BCUT2D eigenvalue weighted by atomic mass is 16.2. The van der Waals surface area contributed by atoms with Gasteiger partial charge in [-0.15, -0.1) is 0 Å². The molecule has 0 aliphatic carbocycles. The SMILES string of the molecule is CCc1ccccc1NC(=O)NCc1cc(C)n(-c2ccccc2)c1C. The van der Waals surface area contributed by atoms with Crippen molar-refractivity contribution in [2.75, 3.05) is 5.32 Å². The fourth-order valence-electron chi connectivity index (χ4n) is 3.28. The molecule has 134 valence electrons. The van der Waals surface area contributed by atoms with Crippen LogP contribution in [-0.4, -0.2) is 10.6 Å². The Balaban J connectivity index is 1.69. The highest BCUT2D eigenvalue weighted by Crippen LogP contribution is 2.21. The van der Waals surface area contributed by atoms with E-state index in [1.165, 1.54) is 0 Å². The quantitative estimate of drug-likeness (QED) is 0.672. The number of hydrogen-bond acceptors (Lipinski definition) is 1. The Kier molecular flexibility index (Phi) is 5.42. The van der Waals surface area contributed by atoms with E-state index >= 15 is 0 Å². The summed E-state index contributed by atoms with van der Waals surface area (Å²) in [4.78, 5) is 12.3. The third-order valence-electron chi connectivity index (χ3n) is 4.64. The number of aromatic nitrogens is 1. The van der Waals surface area contributed by atoms with Gasteiger partial charge in [0, 0.05) is 29.3 Å². The average molecular weight is 347 g/mol. The Labute approximate surface area is 154 Å². The van der Waals surface area contributed by atoms with Crippen molar-refractivity contribution in [3.05, 3.63) is 83.2 Å². The zero-order chi connectivity index (χ0) is 18.5. The molecule has 2 aromatic carbocycles. The smallest absolute Gasteiger partial charge is 0.319 e. The fraction of sp³-hybridized carbons (Fsp3) is 0.227. The van der Waals surface area contributed by atoms with Crippen LogP contribution in [0.4, 0.5) is 10.5 Å². The van der Waals surface area contributed by atoms with E-state index in [4.69, 9.17) is 0 Å². The van der Waals surface area contributed by atoms with Crippen molar-refractivity contribution in [2.45, 2.75) is 33.7 Å². The van der Waals surface area contributed by atoms with Crippen molar-refractivity contribution < 1.29 is 4.79 Å². The Hall–Kier alpha value is -3.01. The summed E-state index contributed by atoms with van der Waals surface area (Å²) in [5.74, 6) is 0. The molecule has 0 aliphatic rings. The van der Waals surface area contributed by atoms with Crippen LogP contribution >= 0.6 is 0 Å². The minimum Gasteiger partial charge on any atom is -0.334 e. The van der Waals surface area contributed by atoms with Gasteiger partial charge in [0.15, 0.2) is 0 Å². The van der Waals surface area contributed by atoms with E-state index in [2.05, 4.69) is 54.2 Å². The lowest BCUT2D eigenvalue weighted by Gasteiger charge is -2.12. The topological polar surface area (TPSA) is 46.1 Å². The van der Waals surface area contributed by atoms with Gasteiger partial charge in [-0.1, -0.05) is 43.3 Å². The second-order valence-electron chi connectivity index (χ2n) is 6.39. The van der Waals surface area contributed by atoms with Crippen molar-refractivity contribution in [3.8, 4) is 5.69 Å². The van der Waals surface area contributed by atoms with Crippen LogP contribution in [0.5, 0.6) is 0 Å². The van der Waals surface area contributed by atoms with Gasteiger partial charge in [-0.05, 0) is 55.7 Å². The largest absolute Gasteiger partial charge is 0.334 e. The van der Waals surface area contributed by atoms with E-state index in [0.29, 0.717) is 6.54 Å². The first-order chi connectivity index (χ1) is 12.6. The molecule has 0 aliphatic heterocycles. The zero-order valence-electron chi connectivity index (χ0n) is 15.5. The number of rotatable bonds is 5. The molecule has 2 N–H and O–H groups in total. The molecule has 0 saturated heterocycles. The normalized spacial score (nSPS) is 10.6. The van der Waals surface area contributed by atoms with Gasteiger partial charge < -0.3 is 15.2 Å². The Bertz CT molecular complexity index is 897. The van der Waals surface area contributed by atoms with Gasteiger partial charge in [0.05, 0.1) is 0 Å². The molecule has 2 amide bonds. The van der Waals surface area contributed by atoms with Crippen molar-refractivity contribution >= 4 is 11.7 Å². The predicted octanol–water partition coefficient (Wildman–Crippen LogP) is 4.98. The van der Waals surface area contributed by atoms with E-state index in [-0.39, 0.29) is 6.03 Å². The van der Waals surface area contributed by atoms with Crippen LogP contribution in [0, 0.1) is 13.8 Å². The molecule has 1 heterocycles. The van der Waals surface area contributed by atoms with Crippen LogP contribution in [0.1, 0.15) is 29.4 Å². The van der Waals surface area contributed by atoms with Crippen molar-refractivity contribution in [3.63, 3.8) is 0 Å². The molecule has 0 spiro atoms. The number of urea groups is 1. The molecule has 0 fully saturated rings. The Morgan fingerprint density at radius 2 is 1.65 bits per heavy atom. The second kappa shape index (κ2) is 7.91. The lowest BCUT2D eigenvalue weighted by atomic mass is 10.1. The van der Waals surface area contributed by atoms with Crippen molar-refractivity contribution in [1.82, 2.24) is 9.88 Å². The summed E-state index contributed by atoms with van der Waals surface area (Å²) in [5, 5.41) is 5.92. The van der Waals surface area contributed by atoms with Crippen molar-refractivity contribution in [1.29, 1.82) is 0 Å². The minimum atomic E-state index is -0.185. The summed E-state index contributed by atoms with van der Waals surface area (Å²) in [6, 6.07) is 20.1. The first-order valence-electron chi connectivity index (χ1n) is 8.96. The first kappa shape index (κ1) is 17.8. The molecule has 3 rings (SSSR count). The molecule has 0 radical (unpaired) electrons. The maximum atomic E-state index is 12.3. The van der Waals surface area contributed by atoms with Gasteiger partial charge in [0.1, 0.15) is 0 Å². The molecule has 4 heteroatoms. The second-order valence-corrected chi connectivity index (χ2v) is 6.39. The third kappa shape index (κ3) is 3.80. The number of amides is 2. The molecule has 0 saturated carbocycles. The Morgan fingerprint density at radius 3 is 2.38 bits per heavy atom. The molecule has 0 unspecified atom stereocenters. The summed E-state index contributed by atoms with van der Waals surface area (Å²) in [5.41, 5.74) is 6.54. The van der Waals surface area contributed by atoms with Crippen LogP contribution in [0.15, 0.2) is 60.7 Å². The molecule has 0 bridgehead atoms. The molecular weight excluding hydrogens is 322 g/mol. The average Bonchev–Trinajstić information content (AvgIpc) is 2.94. The highest BCUT2D eigenvalue weighted by molar-refractivity contribution is 5.90. The van der Waals surface area contributed by atoms with Crippen LogP contribution in [0.2, 0.25) is 0 Å². The molecule has 26 heavy (non-hydrogen) atoms. The van der Waals surface area contributed by atoms with Crippen LogP contribution < -0.4 is 10.6 Å². The number of nitrogens with zero attached hydrogens (tertiary/aromatic N) is 1. The molecular formula is C22H25N3O. The number of carbonyl (C=O) groups excluding carboxylic acids is 1. The van der Waals surface area contributed by atoms with E-state index in [9.17, 15) is 4.79 Å². The number of para-hydroxylation sites is 2. The van der Waals surface area contributed by atoms with Gasteiger partial charge in [-0.3, -0.25) is 0 Å². The maximum absolute atomic E-state index is 12.3. The third-order valence-corrected chi connectivity index (χ3v) is 4.64. The molecule has 1 aromatic heterocycles. The van der Waals surface area contributed by atoms with Crippen molar-refractivity contribution in [2.24, 2.45) is 0 Å². The fourth-order valence-corrected chi connectivity index (χ4v) is 3.28. The van der Waals surface area contributed by atoms with E-state index in [1.807, 2.05) is 42.5 Å². The van der Waals surface area contributed by atoms with E-state index in [1.54, 1.807) is 0 Å². The number of aryl methyl sites for hydroxylation is 2. The number of hydrogen-bond donors (Lipinski definition) is 2. The Morgan fingerprint density at radius 1 is 0.962 bits per heavy atom. The standard InChI is InChI=1S/C22H25N3O/c1-4-18-10-8-9-13-21(18)24-22(26)23-15-19-14-16(2)25(17(19)3)20-11-6-5-7-12-20/h5-14H,4,15H2,1-3H3,(H2,23,24,26). The number of carbonyl (C=O) groups is 1. The summed E-state index contributed by atoms with van der Waals surface area (Å²) in [6.07, 6.45) is 0.884. The highest BCUT2D eigenvalue weighted by Gasteiger charge is 2.12. The van der Waals surface area contributed by atoms with Crippen LogP contribution in [0.25, 0.3) is 5.69 Å². The summed E-state index contributed by atoms with van der Waals surface area (Å²) in [7, 11) is 0. The maximum Gasteiger partial charge on any atom is 0.319 e. The number of nitrogens with one attached hydrogen (secondary N) is 2. The van der Waals surface area contributed by atoms with Gasteiger partial charge in [0.2, 0.25) is 0 Å². The monoisotopic (exact) mass is 347 g/mol. The molecule has 0 atom stereocenters. The summed E-state index contributed by atoms with van der Waals surface area (Å²) in [6.45, 7) is 6.74. The number of benzene rings is 2. The predicted molar refractivity (Wildman–Crippen MR) is 107 cm³/mol. The molecule has 3 aromatic rings. The minimum absolute atomic E-state index is 0.185. The van der Waals surface area contributed by atoms with Gasteiger partial charge >= 0.3 is 6.03 Å². The summed E-state index contributed by atoms with van der Waals surface area (Å²) >= 11 is 0. The van der Waals surface area contributed by atoms with Gasteiger partial charge in [-0.2, -0.15) is 0 Å². The van der Waals surface area contributed by atoms with E-state index in [0.717, 1.165) is 40.3 Å². The van der Waals surface area contributed by atoms with Crippen LogP contribution in [0.3, 0.4) is 0 Å². The number of anilines is 1. The first-order valence-corrected chi connectivity index (χ1v) is 8.96. The summed E-state index contributed by atoms with van der Waals surface area (Å²) < 4.78 is 2.21. The lowest BCUT2D eigenvalue weighted by molar-refractivity contribution is 0.251. The van der Waals surface area contributed by atoms with Gasteiger partial charge in [0.25, 0.3) is 0 Å². The molecule has 4 nitrogen and oxygen atoms in total. The van der Waals surface area contributed by atoms with Gasteiger partial charge in [-0.25, -0.2) is 4.79 Å². The zero-order valence-corrected chi connectivity index (χ0v) is 15.5. The lowest BCUT2D eigenvalue weighted by Crippen LogP contribution is -2.28. The van der Waals surface area contributed by atoms with E-state index < -0.39 is 0 Å².